The fourth-order valence-electron chi connectivity index (χ4n) is 3.69. The van der Waals surface area contributed by atoms with Crippen LogP contribution < -0.4 is 11.1 Å². The first-order valence-corrected chi connectivity index (χ1v) is 8.55. The Kier molecular flexibility index (Phi) is 5.11. The Morgan fingerprint density at radius 1 is 1.23 bits per heavy atom. The molecule has 1 aliphatic heterocycles. The quantitative estimate of drug-likeness (QED) is 0.875. The molecular formula is C18H27N3O. The normalized spacial score (nSPS) is 27.0. The number of rotatable bonds is 5. The molecule has 1 aliphatic carbocycles. The number of benzene rings is 1. The van der Waals surface area contributed by atoms with Crippen LogP contribution in [0.15, 0.2) is 30.3 Å². The largest absolute Gasteiger partial charge is 0.348 e. The number of nitrogens with two attached hydrogens (primary N) is 1. The molecule has 3 N–H and O–H groups in total. The molecular weight excluding hydrogens is 274 g/mol. The summed E-state index contributed by atoms with van der Waals surface area (Å²) < 4.78 is 0. The summed E-state index contributed by atoms with van der Waals surface area (Å²) in [6, 6.07) is 10.6. The minimum Gasteiger partial charge on any atom is -0.348 e. The highest BCUT2D eigenvalue weighted by molar-refractivity contribution is 5.79. The molecule has 3 atom stereocenters. The lowest BCUT2D eigenvalue weighted by atomic mass is 10.0. The van der Waals surface area contributed by atoms with Crippen LogP contribution in [0.3, 0.4) is 0 Å². The third-order valence-corrected chi connectivity index (χ3v) is 5.00. The van der Waals surface area contributed by atoms with Gasteiger partial charge in [0, 0.05) is 18.5 Å². The zero-order chi connectivity index (χ0) is 15.4. The van der Waals surface area contributed by atoms with Crippen molar-refractivity contribution in [2.24, 2.45) is 11.7 Å². The molecule has 4 nitrogen and oxygen atoms in total. The van der Waals surface area contributed by atoms with Crippen molar-refractivity contribution in [3.05, 3.63) is 35.9 Å². The van der Waals surface area contributed by atoms with E-state index in [1.807, 2.05) is 18.2 Å². The minimum atomic E-state index is 0.0867. The SMILES string of the molecule is NC1CCC(C(=O)NC(CN2CCCC2)c2ccccc2)C1. The van der Waals surface area contributed by atoms with Crippen molar-refractivity contribution in [2.45, 2.75) is 44.2 Å². The fourth-order valence-corrected chi connectivity index (χ4v) is 3.69. The lowest BCUT2D eigenvalue weighted by Gasteiger charge is -2.26. The van der Waals surface area contributed by atoms with Crippen LogP contribution in [0.5, 0.6) is 0 Å². The number of carbonyl (C=O) groups excluding carboxylic acids is 1. The van der Waals surface area contributed by atoms with Crippen molar-refractivity contribution in [3.8, 4) is 0 Å². The first kappa shape index (κ1) is 15.5. The third kappa shape index (κ3) is 3.87. The Balaban J connectivity index is 1.66. The Morgan fingerprint density at radius 2 is 1.95 bits per heavy atom. The Labute approximate surface area is 133 Å². The van der Waals surface area contributed by atoms with Crippen molar-refractivity contribution < 1.29 is 4.79 Å². The van der Waals surface area contributed by atoms with Crippen molar-refractivity contribution in [1.82, 2.24) is 10.2 Å². The zero-order valence-electron chi connectivity index (χ0n) is 13.2. The van der Waals surface area contributed by atoms with Gasteiger partial charge in [0.2, 0.25) is 5.91 Å². The highest BCUT2D eigenvalue weighted by Crippen LogP contribution is 2.26. The summed E-state index contributed by atoms with van der Waals surface area (Å²) in [5.41, 5.74) is 7.15. The molecule has 1 amide bonds. The van der Waals surface area contributed by atoms with Gasteiger partial charge in [0.05, 0.1) is 6.04 Å². The molecule has 3 unspecified atom stereocenters. The molecule has 4 heteroatoms. The van der Waals surface area contributed by atoms with Crippen LogP contribution in [-0.2, 0) is 4.79 Å². The lowest BCUT2D eigenvalue weighted by molar-refractivity contribution is -0.125. The van der Waals surface area contributed by atoms with E-state index in [2.05, 4.69) is 22.3 Å². The topological polar surface area (TPSA) is 58.4 Å². The summed E-state index contributed by atoms with van der Waals surface area (Å²) in [4.78, 5) is 15.0. The van der Waals surface area contributed by atoms with Gasteiger partial charge in [0.15, 0.2) is 0 Å². The fraction of sp³-hybridized carbons (Fsp3) is 0.611. The molecule has 0 aromatic heterocycles. The number of nitrogens with zero attached hydrogens (tertiary/aromatic N) is 1. The number of amides is 1. The van der Waals surface area contributed by atoms with E-state index < -0.39 is 0 Å². The van der Waals surface area contributed by atoms with Crippen LogP contribution in [0.4, 0.5) is 0 Å². The molecule has 3 rings (SSSR count). The maximum Gasteiger partial charge on any atom is 0.223 e. The van der Waals surface area contributed by atoms with Crippen LogP contribution in [-0.4, -0.2) is 36.5 Å². The van der Waals surface area contributed by atoms with E-state index in [4.69, 9.17) is 5.73 Å². The number of hydrogen-bond donors (Lipinski definition) is 2. The molecule has 22 heavy (non-hydrogen) atoms. The first-order valence-electron chi connectivity index (χ1n) is 8.55. The van der Waals surface area contributed by atoms with Gasteiger partial charge in [-0.15, -0.1) is 0 Å². The molecule has 1 aromatic carbocycles. The van der Waals surface area contributed by atoms with Crippen molar-refractivity contribution in [3.63, 3.8) is 0 Å². The Morgan fingerprint density at radius 3 is 2.59 bits per heavy atom. The highest BCUT2D eigenvalue weighted by Gasteiger charge is 2.30. The second-order valence-corrected chi connectivity index (χ2v) is 6.75. The molecule has 1 saturated carbocycles. The van der Waals surface area contributed by atoms with Crippen LogP contribution in [0.25, 0.3) is 0 Å². The summed E-state index contributed by atoms with van der Waals surface area (Å²) in [7, 11) is 0. The molecule has 2 aliphatic rings. The summed E-state index contributed by atoms with van der Waals surface area (Å²) in [5, 5.41) is 3.29. The second-order valence-electron chi connectivity index (χ2n) is 6.75. The van der Waals surface area contributed by atoms with E-state index in [0.29, 0.717) is 0 Å². The second kappa shape index (κ2) is 7.25. The predicted molar refractivity (Wildman–Crippen MR) is 88.3 cm³/mol. The van der Waals surface area contributed by atoms with Gasteiger partial charge in [-0.25, -0.2) is 0 Å². The van der Waals surface area contributed by atoms with E-state index in [0.717, 1.165) is 38.9 Å². The summed E-state index contributed by atoms with van der Waals surface area (Å²) >= 11 is 0. The number of hydrogen-bond acceptors (Lipinski definition) is 3. The van der Waals surface area contributed by atoms with Gasteiger partial charge in [0.1, 0.15) is 0 Å². The van der Waals surface area contributed by atoms with Gasteiger partial charge in [-0.05, 0) is 50.8 Å². The molecule has 1 saturated heterocycles. The van der Waals surface area contributed by atoms with Gasteiger partial charge in [-0.3, -0.25) is 4.79 Å². The molecule has 0 bridgehead atoms. The number of carbonyl (C=O) groups is 1. The smallest absolute Gasteiger partial charge is 0.223 e. The summed E-state index contributed by atoms with van der Waals surface area (Å²) in [6.45, 7) is 3.20. The van der Waals surface area contributed by atoms with Gasteiger partial charge in [0.25, 0.3) is 0 Å². The number of nitrogens with one attached hydrogen (secondary N) is 1. The zero-order valence-corrected chi connectivity index (χ0v) is 13.2. The Bertz CT molecular complexity index is 484. The van der Waals surface area contributed by atoms with Gasteiger partial charge in [-0.2, -0.15) is 0 Å². The van der Waals surface area contributed by atoms with E-state index in [1.165, 1.54) is 18.4 Å². The molecule has 0 radical (unpaired) electrons. The standard InChI is InChI=1S/C18H27N3O/c19-16-9-8-15(12-16)18(22)20-17(13-21-10-4-5-11-21)14-6-2-1-3-7-14/h1-3,6-7,15-17H,4-5,8-13,19H2,(H,20,22). The van der Waals surface area contributed by atoms with Crippen molar-refractivity contribution >= 4 is 5.91 Å². The average Bonchev–Trinajstić information content (AvgIpc) is 3.19. The van der Waals surface area contributed by atoms with Gasteiger partial charge in [-0.1, -0.05) is 30.3 Å². The summed E-state index contributed by atoms with van der Waals surface area (Å²) in [6.07, 6.45) is 5.27. The predicted octanol–water partition coefficient (Wildman–Crippen LogP) is 2.07. The number of likely N-dealkylation sites (tertiary alicyclic amines) is 1. The highest BCUT2D eigenvalue weighted by atomic mass is 16.2. The average molecular weight is 301 g/mol. The maximum atomic E-state index is 12.6. The van der Waals surface area contributed by atoms with E-state index in [-0.39, 0.29) is 23.9 Å². The molecule has 1 aromatic rings. The van der Waals surface area contributed by atoms with E-state index >= 15 is 0 Å². The van der Waals surface area contributed by atoms with Crippen LogP contribution in [0.2, 0.25) is 0 Å². The van der Waals surface area contributed by atoms with Crippen LogP contribution in [0.1, 0.15) is 43.7 Å². The molecule has 2 fully saturated rings. The van der Waals surface area contributed by atoms with Crippen molar-refractivity contribution in [1.29, 1.82) is 0 Å². The van der Waals surface area contributed by atoms with E-state index in [9.17, 15) is 4.79 Å². The first-order chi connectivity index (χ1) is 10.7. The van der Waals surface area contributed by atoms with Crippen molar-refractivity contribution in [2.75, 3.05) is 19.6 Å². The maximum absolute atomic E-state index is 12.6. The molecule has 0 spiro atoms. The van der Waals surface area contributed by atoms with Gasteiger partial charge < -0.3 is 16.0 Å². The third-order valence-electron chi connectivity index (χ3n) is 5.00. The molecule has 120 valence electrons. The van der Waals surface area contributed by atoms with Gasteiger partial charge >= 0.3 is 0 Å². The monoisotopic (exact) mass is 301 g/mol. The van der Waals surface area contributed by atoms with Crippen LogP contribution >= 0.6 is 0 Å². The Hall–Kier alpha value is -1.39. The van der Waals surface area contributed by atoms with E-state index in [1.54, 1.807) is 0 Å². The van der Waals surface area contributed by atoms with Crippen LogP contribution in [0, 0.1) is 5.92 Å². The minimum absolute atomic E-state index is 0.0867. The molecule has 1 heterocycles. The summed E-state index contributed by atoms with van der Waals surface area (Å²) in [5.74, 6) is 0.279. The lowest BCUT2D eigenvalue weighted by Crippen LogP contribution is -2.39.